The number of phenols is 1. The number of halogens is 1. The number of benzene rings is 1. The number of phenolic OH excluding ortho intramolecular Hbond substituents is 1. The minimum atomic E-state index is -0.492. The Kier molecular flexibility index (Phi) is 6.13. The second-order valence-electron chi connectivity index (χ2n) is 5.60. The molecule has 1 aliphatic heterocycles. The summed E-state index contributed by atoms with van der Waals surface area (Å²) < 4.78 is 5.17. The SMILES string of the molecule is CCN(CC)C(=O)C1=C(C)NC(=S)NC1c1cc(Cl)c(O)c(OC)c1. The number of aromatic hydroxyl groups is 1. The van der Waals surface area contributed by atoms with Crippen LogP contribution in [0.5, 0.6) is 11.5 Å². The van der Waals surface area contributed by atoms with Gasteiger partial charge in [0.1, 0.15) is 0 Å². The van der Waals surface area contributed by atoms with Crippen LogP contribution < -0.4 is 15.4 Å². The van der Waals surface area contributed by atoms with E-state index < -0.39 is 6.04 Å². The van der Waals surface area contributed by atoms with Crippen LogP contribution in [0.4, 0.5) is 0 Å². The molecule has 0 fully saturated rings. The number of ether oxygens (including phenoxy) is 1. The Bertz CT molecular complexity index is 732. The first-order chi connectivity index (χ1) is 11.8. The van der Waals surface area contributed by atoms with Crippen LogP contribution in [0.15, 0.2) is 23.4 Å². The van der Waals surface area contributed by atoms with Gasteiger partial charge in [-0.05, 0) is 50.7 Å². The molecule has 136 valence electrons. The molecular weight excluding hydrogens is 362 g/mol. The predicted octanol–water partition coefficient (Wildman–Crippen LogP) is 2.72. The van der Waals surface area contributed by atoms with Crippen molar-refractivity contribution in [3.05, 3.63) is 34.0 Å². The molecule has 1 aromatic carbocycles. The van der Waals surface area contributed by atoms with Crippen LogP contribution in [0.1, 0.15) is 32.4 Å². The van der Waals surface area contributed by atoms with Gasteiger partial charge in [-0.15, -0.1) is 0 Å². The summed E-state index contributed by atoms with van der Waals surface area (Å²) >= 11 is 11.4. The Morgan fingerprint density at radius 1 is 1.40 bits per heavy atom. The molecule has 1 amide bonds. The van der Waals surface area contributed by atoms with Crippen LogP contribution in [0.2, 0.25) is 5.02 Å². The van der Waals surface area contributed by atoms with Gasteiger partial charge >= 0.3 is 0 Å². The summed E-state index contributed by atoms with van der Waals surface area (Å²) in [6, 6.07) is 2.76. The van der Waals surface area contributed by atoms with E-state index in [4.69, 9.17) is 28.6 Å². The van der Waals surface area contributed by atoms with Gasteiger partial charge in [-0.25, -0.2) is 0 Å². The topological polar surface area (TPSA) is 73.8 Å². The summed E-state index contributed by atoms with van der Waals surface area (Å²) in [5, 5.41) is 16.6. The molecule has 1 heterocycles. The summed E-state index contributed by atoms with van der Waals surface area (Å²) in [7, 11) is 1.44. The third-order valence-electron chi connectivity index (χ3n) is 4.15. The molecule has 1 unspecified atom stereocenters. The maximum absolute atomic E-state index is 13.0. The van der Waals surface area contributed by atoms with E-state index in [0.29, 0.717) is 35.0 Å². The van der Waals surface area contributed by atoms with E-state index in [1.165, 1.54) is 7.11 Å². The minimum absolute atomic E-state index is 0.0850. The Labute approximate surface area is 157 Å². The average molecular weight is 384 g/mol. The van der Waals surface area contributed by atoms with Crippen LogP contribution in [-0.4, -0.2) is 41.2 Å². The van der Waals surface area contributed by atoms with Crippen LogP contribution in [0, 0.1) is 0 Å². The molecule has 1 aliphatic rings. The largest absolute Gasteiger partial charge is 0.503 e. The van der Waals surface area contributed by atoms with Gasteiger partial charge in [-0.1, -0.05) is 11.6 Å². The van der Waals surface area contributed by atoms with Crippen molar-refractivity contribution in [3.8, 4) is 11.5 Å². The van der Waals surface area contributed by atoms with Crippen molar-refractivity contribution in [2.24, 2.45) is 0 Å². The summed E-state index contributed by atoms with van der Waals surface area (Å²) in [5.41, 5.74) is 1.92. The van der Waals surface area contributed by atoms with Crippen molar-refractivity contribution >= 4 is 34.8 Å². The highest BCUT2D eigenvalue weighted by Crippen LogP contribution is 2.39. The molecule has 2 rings (SSSR count). The molecule has 0 saturated carbocycles. The molecule has 0 spiro atoms. The normalized spacial score (nSPS) is 17.0. The number of allylic oxidation sites excluding steroid dienone is 1. The Hall–Kier alpha value is -1.99. The van der Waals surface area contributed by atoms with Crippen LogP contribution >= 0.6 is 23.8 Å². The Morgan fingerprint density at radius 3 is 2.60 bits per heavy atom. The molecule has 3 N–H and O–H groups in total. The first-order valence-corrected chi connectivity index (χ1v) is 8.76. The standard InChI is InChI=1S/C17H22ClN3O3S/c1-5-21(6-2)16(23)13-9(3)19-17(25)20-14(13)10-7-11(18)15(22)12(8-10)24-4/h7-8,14,22H,5-6H2,1-4H3,(H2,19,20,25). The number of carbonyl (C=O) groups is 1. The first-order valence-electron chi connectivity index (χ1n) is 7.97. The van der Waals surface area contributed by atoms with Gasteiger partial charge in [-0.2, -0.15) is 0 Å². The van der Waals surface area contributed by atoms with E-state index in [0.717, 1.165) is 0 Å². The van der Waals surface area contributed by atoms with E-state index in [-0.39, 0.29) is 22.4 Å². The fraction of sp³-hybridized carbons (Fsp3) is 0.412. The number of amides is 1. The highest BCUT2D eigenvalue weighted by atomic mass is 35.5. The number of methoxy groups -OCH3 is 1. The van der Waals surface area contributed by atoms with Crippen LogP contribution in [0.3, 0.4) is 0 Å². The van der Waals surface area contributed by atoms with E-state index in [2.05, 4.69) is 10.6 Å². The Balaban J connectivity index is 2.57. The number of rotatable bonds is 5. The highest BCUT2D eigenvalue weighted by molar-refractivity contribution is 7.80. The molecular formula is C17H22ClN3O3S. The van der Waals surface area contributed by atoms with Crippen molar-refractivity contribution < 1.29 is 14.6 Å². The Morgan fingerprint density at radius 2 is 2.04 bits per heavy atom. The summed E-state index contributed by atoms with van der Waals surface area (Å²) in [4.78, 5) is 14.7. The molecule has 25 heavy (non-hydrogen) atoms. The van der Waals surface area contributed by atoms with Crippen molar-refractivity contribution in [1.82, 2.24) is 15.5 Å². The maximum atomic E-state index is 13.0. The van der Waals surface area contributed by atoms with Gasteiger partial charge in [0.05, 0.1) is 23.7 Å². The molecule has 6 nitrogen and oxygen atoms in total. The molecule has 8 heteroatoms. The first kappa shape index (κ1) is 19.3. The van der Waals surface area contributed by atoms with Crippen molar-refractivity contribution in [2.45, 2.75) is 26.8 Å². The highest BCUT2D eigenvalue weighted by Gasteiger charge is 2.32. The number of hydrogen-bond acceptors (Lipinski definition) is 4. The lowest BCUT2D eigenvalue weighted by Crippen LogP contribution is -2.47. The van der Waals surface area contributed by atoms with E-state index in [9.17, 15) is 9.90 Å². The van der Waals surface area contributed by atoms with Gasteiger partial charge in [0.2, 0.25) is 0 Å². The lowest BCUT2D eigenvalue weighted by atomic mass is 9.94. The second-order valence-corrected chi connectivity index (χ2v) is 6.42. The van der Waals surface area contributed by atoms with E-state index in [1.54, 1.807) is 17.0 Å². The smallest absolute Gasteiger partial charge is 0.253 e. The number of nitrogens with one attached hydrogen (secondary N) is 2. The van der Waals surface area contributed by atoms with Gasteiger partial charge < -0.3 is 25.4 Å². The predicted molar refractivity (Wildman–Crippen MR) is 102 cm³/mol. The zero-order valence-electron chi connectivity index (χ0n) is 14.6. The molecule has 1 aromatic rings. The maximum Gasteiger partial charge on any atom is 0.253 e. The monoisotopic (exact) mass is 383 g/mol. The number of carbonyl (C=O) groups excluding carboxylic acids is 1. The summed E-state index contributed by atoms with van der Waals surface area (Å²) in [6.45, 7) is 6.88. The second kappa shape index (κ2) is 7.93. The van der Waals surface area contributed by atoms with Crippen LogP contribution in [-0.2, 0) is 4.79 Å². The quantitative estimate of drug-likeness (QED) is 0.679. The van der Waals surface area contributed by atoms with Crippen molar-refractivity contribution in [1.29, 1.82) is 0 Å². The molecule has 0 saturated heterocycles. The number of nitrogens with zero attached hydrogens (tertiary/aromatic N) is 1. The van der Waals surface area contributed by atoms with E-state index in [1.807, 2.05) is 20.8 Å². The van der Waals surface area contributed by atoms with Gasteiger partial charge in [0.25, 0.3) is 5.91 Å². The minimum Gasteiger partial charge on any atom is -0.503 e. The van der Waals surface area contributed by atoms with E-state index >= 15 is 0 Å². The van der Waals surface area contributed by atoms with Gasteiger partial charge in [0, 0.05) is 18.8 Å². The summed E-state index contributed by atoms with van der Waals surface area (Å²) in [6.07, 6.45) is 0. The lowest BCUT2D eigenvalue weighted by molar-refractivity contribution is -0.127. The number of hydrogen-bond donors (Lipinski definition) is 3. The number of likely N-dealkylation sites (N-methyl/N-ethyl adjacent to an activating group) is 1. The zero-order chi connectivity index (χ0) is 18.7. The zero-order valence-corrected chi connectivity index (χ0v) is 16.2. The van der Waals surface area contributed by atoms with Crippen molar-refractivity contribution in [3.63, 3.8) is 0 Å². The third kappa shape index (κ3) is 3.82. The van der Waals surface area contributed by atoms with Gasteiger partial charge in [-0.3, -0.25) is 4.79 Å². The average Bonchev–Trinajstić information content (AvgIpc) is 2.57. The fourth-order valence-corrected chi connectivity index (χ4v) is 3.31. The number of thiocarbonyl (C=S) groups is 1. The molecule has 0 aromatic heterocycles. The van der Waals surface area contributed by atoms with Crippen molar-refractivity contribution in [2.75, 3.05) is 20.2 Å². The third-order valence-corrected chi connectivity index (χ3v) is 4.66. The molecule has 1 atom stereocenters. The molecule has 0 aliphatic carbocycles. The molecule has 0 radical (unpaired) electrons. The summed E-state index contributed by atoms with van der Waals surface area (Å²) in [5.74, 6) is 0.0148. The molecule has 0 bridgehead atoms. The van der Waals surface area contributed by atoms with Crippen LogP contribution in [0.25, 0.3) is 0 Å². The van der Waals surface area contributed by atoms with Gasteiger partial charge in [0.15, 0.2) is 16.6 Å². The fourth-order valence-electron chi connectivity index (χ4n) is 2.82. The lowest BCUT2D eigenvalue weighted by Gasteiger charge is -2.33.